The summed E-state index contributed by atoms with van der Waals surface area (Å²) in [5, 5.41) is 9.18. The van der Waals surface area contributed by atoms with Crippen LogP contribution >= 0.6 is 23.2 Å². The summed E-state index contributed by atoms with van der Waals surface area (Å²) in [6.45, 7) is 0.0248. The van der Waals surface area contributed by atoms with Crippen molar-refractivity contribution in [2.24, 2.45) is 10.8 Å². The van der Waals surface area contributed by atoms with Gasteiger partial charge in [0.15, 0.2) is 12.4 Å². The molecule has 3 aromatic rings. The quantitative estimate of drug-likeness (QED) is 0.391. The fourth-order valence-electron chi connectivity index (χ4n) is 1.90. The van der Waals surface area contributed by atoms with Gasteiger partial charge in [0.25, 0.3) is 0 Å². The van der Waals surface area contributed by atoms with Crippen LogP contribution in [0.1, 0.15) is 0 Å². The maximum atomic E-state index is 6.04. The van der Waals surface area contributed by atoms with Crippen molar-refractivity contribution in [1.29, 1.82) is 0 Å². The van der Waals surface area contributed by atoms with Crippen LogP contribution in [-0.4, -0.2) is 27.2 Å². The Morgan fingerprint density at radius 2 is 2.00 bits per heavy atom. The van der Waals surface area contributed by atoms with Crippen molar-refractivity contribution < 1.29 is 4.74 Å². The van der Waals surface area contributed by atoms with Crippen LogP contribution in [0.5, 0.6) is 6.01 Å². The lowest BCUT2D eigenvalue weighted by Gasteiger charge is -2.05. The number of nitrogens with two attached hydrogens (primary N) is 1. The van der Waals surface area contributed by atoms with Gasteiger partial charge in [-0.1, -0.05) is 41.4 Å². The largest absolute Gasteiger partial charge is 0.454 e. The number of para-hydroxylation sites is 1. The first-order chi connectivity index (χ1) is 12.1. The second-order valence-corrected chi connectivity index (χ2v) is 5.78. The number of rotatable bonds is 6. The second kappa shape index (κ2) is 7.87. The smallest absolute Gasteiger partial charge is 0.336 e. The second-order valence-electron chi connectivity index (χ2n) is 4.94. The fourth-order valence-corrected chi connectivity index (χ4v) is 2.35. The molecule has 0 fully saturated rings. The number of anilines is 1. The van der Waals surface area contributed by atoms with E-state index in [1.807, 2.05) is 30.3 Å². The van der Waals surface area contributed by atoms with Crippen LogP contribution in [0.25, 0.3) is 5.69 Å². The number of halogens is 2. The van der Waals surface area contributed by atoms with Gasteiger partial charge in [-0.3, -0.25) is 5.43 Å². The Morgan fingerprint density at radius 1 is 1.20 bits per heavy atom. The van der Waals surface area contributed by atoms with Crippen molar-refractivity contribution in [1.82, 2.24) is 14.8 Å². The fraction of sp³-hybridized carbons (Fsp3) is 0.0625. The molecule has 3 rings (SSSR count). The summed E-state index contributed by atoms with van der Waals surface area (Å²) in [4.78, 5) is 4.07. The molecule has 9 heteroatoms. The molecule has 7 nitrogen and oxygen atoms in total. The van der Waals surface area contributed by atoms with E-state index >= 15 is 0 Å². The molecule has 0 atom stereocenters. The highest BCUT2D eigenvalue weighted by molar-refractivity contribution is 6.36. The highest BCUT2D eigenvalue weighted by Gasteiger charge is 2.05. The average Bonchev–Trinajstić information content (AvgIpc) is 3.09. The van der Waals surface area contributed by atoms with E-state index in [0.717, 1.165) is 5.69 Å². The van der Waals surface area contributed by atoms with Crippen LogP contribution in [0, 0.1) is 0 Å². The van der Waals surface area contributed by atoms with Gasteiger partial charge in [-0.2, -0.15) is 10.1 Å². The Hall–Kier alpha value is -2.77. The minimum Gasteiger partial charge on any atom is -0.454 e. The number of hydrogen-bond donors (Lipinski definition) is 2. The van der Waals surface area contributed by atoms with Gasteiger partial charge in [0, 0.05) is 5.02 Å². The summed E-state index contributed by atoms with van der Waals surface area (Å²) in [5.74, 6) is 0.210. The molecule has 0 aliphatic carbocycles. The Kier molecular flexibility index (Phi) is 5.37. The third-order valence-corrected chi connectivity index (χ3v) is 3.64. The Labute approximate surface area is 154 Å². The van der Waals surface area contributed by atoms with Crippen molar-refractivity contribution in [3.63, 3.8) is 0 Å². The number of hydrogen-bond acceptors (Lipinski definition) is 5. The standard InChI is InChI=1S/C16H14Cl2N6O/c17-11-6-7-14(13(18)8-11)21-22-15(19)9-25-16-20-10-24(23-16)12-4-2-1-3-5-12/h1-8,10,21H,9H2,(H2,19,22). The van der Waals surface area contributed by atoms with Crippen LogP contribution in [0.3, 0.4) is 0 Å². The highest BCUT2D eigenvalue weighted by atomic mass is 35.5. The molecule has 0 saturated carbocycles. The molecule has 0 unspecified atom stereocenters. The molecule has 0 saturated heterocycles. The zero-order valence-electron chi connectivity index (χ0n) is 12.9. The zero-order chi connectivity index (χ0) is 17.6. The zero-order valence-corrected chi connectivity index (χ0v) is 14.4. The number of benzene rings is 2. The van der Waals surface area contributed by atoms with Crippen LogP contribution < -0.4 is 15.9 Å². The first-order valence-electron chi connectivity index (χ1n) is 7.25. The Bertz CT molecular complexity index is 881. The van der Waals surface area contributed by atoms with Crippen molar-refractivity contribution >= 4 is 34.7 Å². The van der Waals surface area contributed by atoms with Crippen LogP contribution in [0.15, 0.2) is 60.0 Å². The SMILES string of the molecule is NC(COc1ncn(-c2ccccc2)n1)=NNc1ccc(Cl)cc1Cl. The van der Waals surface area contributed by atoms with Crippen molar-refractivity contribution in [2.75, 3.05) is 12.0 Å². The molecule has 1 heterocycles. The topological polar surface area (TPSA) is 90.4 Å². The first-order valence-corrected chi connectivity index (χ1v) is 8.00. The summed E-state index contributed by atoms with van der Waals surface area (Å²) >= 11 is 11.9. The van der Waals surface area contributed by atoms with E-state index in [9.17, 15) is 0 Å². The summed E-state index contributed by atoms with van der Waals surface area (Å²) in [6.07, 6.45) is 1.56. The molecule has 1 aromatic heterocycles. The predicted molar refractivity (Wildman–Crippen MR) is 98.6 cm³/mol. The first kappa shape index (κ1) is 17.1. The van der Waals surface area contributed by atoms with E-state index in [4.69, 9.17) is 33.7 Å². The number of nitrogens with one attached hydrogen (secondary N) is 1. The van der Waals surface area contributed by atoms with Gasteiger partial charge in [0.2, 0.25) is 0 Å². The maximum absolute atomic E-state index is 6.04. The average molecular weight is 377 g/mol. The monoisotopic (exact) mass is 376 g/mol. The molecule has 0 radical (unpaired) electrons. The lowest BCUT2D eigenvalue weighted by Crippen LogP contribution is -2.22. The summed E-state index contributed by atoms with van der Waals surface area (Å²) in [6, 6.07) is 14.8. The van der Waals surface area contributed by atoms with Gasteiger partial charge in [-0.25, -0.2) is 4.68 Å². The molecule has 0 spiro atoms. The highest BCUT2D eigenvalue weighted by Crippen LogP contribution is 2.25. The summed E-state index contributed by atoms with van der Waals surface area (Å²) < 4.78 is 7.02. The summed E-state index contributed by atoms with van der Waals surface area (Å²) in [5.41, 5.74) is 10.0. The predicted octanol–water partition coefficient (Wildman–Crippen LogP) is 3.34. The third-order valence-electron chi connectivity index (χ3n) is 3.09. The molecular weight excluding hydrogens is 363 g/mol. The normalized spacial score (nSPS) is 11.4. The minimum absolute atomic E-state index is 0.0248. The number of amidine groups is 1. The molecule has 25 heavy (non-hydrogen) atoms. The summed E-state index contributed by atoms with van der Waals surface area (Å²) in [7, 11) is 0. The lowest BCUT2D eigenvalue weighted by atomic mass is 10.3. The van der Waals surface area contributed by atoms with Crippen molar-refractivity contribution in [3.8, 4) is 11.7 Å². The number of ether oxygens (including phenoxy) is 1. The van der Waals surface area contributed by atoms with E-state index in [1.165, 1.54) is 0 Å². The van der Waals surface area contributed by atoms with Crippen molar-refractivity contribution in [3.05, 3.63) is 64.9 Å². The van der Waals surface area contributed by atoms with E-state index in [-0.39, 0.29) is 18.5 Å². The van der Waals surface area contributed by atoms with E-state index in [2.05, 4.69) is 20.6 Å². The number of aromatic nitrogens is 3. The van der Waals surface area contributed by atoms with Crippen molar-refractivity contribution in [2.45, 2.75) is 0 Å². The molecule has 2 aromatic carbocycles. The van der Waals surface area contributed by atoms with Gasteiger partial charge in [-0.15, -0.1) is 5.10 Å². The number of hydrazone groups is 1. The van der Waals surface area contributed by atoms with E-state index < -0.39 is 0 Å². The molecule has 0 aliphatic heterocycles. The Balaban J connectivity index is 1.57. The molecule has 0 amide bonds. The van der Waals surface area contributed by atoms with Crippen LogP contribution in [0.4, 0.5) is 5.69 Å². The number of nitrogens with zero attached hydrogens (tertiary/aromatic N) is 4. The third kappa shape index (κ3) is 4.62. The minimum atomic E-state index is 0.0248. The van der Waals surface area contributed by atoms with Crippen LogP contribution in [0.2, 0.25) is 10.0 Å². The lowest BCUT2D eigenvalue weighted by molar-refractivity contribution is 0.344. The van der Waals surface area contributed by atoms with Gasteiger partial charge in [0.1, 0.15) is 6.33 Å². The van der Waals surface area contributed by atoms with Gasteiger partial charge in [0.05, 0.1) is 16.4 Å². The molecule has 0 aliphatic rings. The van der Waals surface area contributed by atoms with E-state index in [1.54, 1.807) is 29.2 Å². The van der Waals surface area contributed by atoms with Gasteiger partial charge in [-0.05, 0) is 30.3 Å². The molecular formula is C16H14Cl2N6O. The van der Waals surface area contributed by atoms with Crippen LogP contribution in [-0.2, 0) is 0 Å². The van der Waals surface area contributed by atoms with Gasteiger partial charge >= 0.3 is 6.01 Å². The van der Waals surface area contributed by atoms with Gasteiger partial charge < -0.3 is 10.5 Å². The molecule has 0 bridgehead atoms. The van der Waals surface area contributed by atoms with E-state index in [0.29, 0.717) is 15.7 Å². The molecule has 128 valence electrons. The Morgan fingerprint density at radius 3 is 2.76 bits per heavy atom. The maximum Gasteiger partial charge on any atom is 0.336 e. The molecule has 3 N–H and O–H groups in total.